The summed E-state index contributed by atoms with van der Waals surface area (Å²) in [5.74, 6) is 0.960. The second kappa shape index (κ2) is 9.01. The maximum absolute atomic E-state index is 14.8. The fraction of sp³-hybridized carbons (Fsp3) is 0.440. The predicted molar refractivity (Wildman–Crippen MR) is 127 cm³/mol. The van der Waals surface area contributed by atoms with Crippen molar-refractivity contribution in [2.75, 3.05) is 39.4 Å². The number of hydrogen-bond donors (Lipinski definition) is 1. The Morgan fingerprint density at radius 1 is 1.11 bits per heavy atom. The van der Waals surface area contributed by atoms with Crippen LogP contribution in [0.2, 0.25) is 0 Å². The highest BCUT2D eigenvalue weighted by atomic mass is 19.1. The molecule has 3 aromatic rings. The van der Waals surface area contributed by atoms with Crippen LogP contribution < -0.4 is 20.3 Å². The molecule has 1 fully saturated rings. The maximum Gasteiger partial charge on any atom is 0.251 e. The zero-order chi connectivity index (χ0) is 23.9. The van der Waals surface area contributed by atoms with Gasteiger partial charge in [0, 0.05) is 68.8 Å². The first kappa shape index (κ1) is 22.1. The molecule has 2 aromatic heterocycles. The third-order valence-corrected chi connectivity index (χ3v) is 7.24. The summed E-state index contributed by atoms with van der Waals surface area (Å²) in [6.07, 6.45) is 1.67. The number of nitrogens with one attached hydrogen (secondary N) is 1. The van der Waals surface area contributed by atoms with Crippen LogP contribution >= 0.6 is 0 Å². The van der Waals surface area contributed by atoms with Crippen LogP contribution in [0.25, 0.3) is 10.9 Å². The average Bonchev–Trinajstić information content (AvgIpc) is 3.45. The van der Waals surface area contributed by atoms with Gasteiger partial charge in [0.15, 0.2) is 11.5 Å². The number of aromatic nitrogens is 2. The van der Waals surface area contributed by atoms with Gasteiger partial charge in [-0.1, -0.05) is 5.18 Å². The summed E-state index contributed by atoms with van der Waals surface area (Å²) in [4.78, 5) is 30.5. The minimum Gasteiger partial charge on any atom is -0.486 e. The van der Waals surface area contributed by atoms with Crippen molar-refractivity contribution in [2.24, 2.45) is 11.1 Å². The number of rotatable bonds is 7. The Morgan fingerprint density at radius 2 is 1.94 bits per heavy atom. The number of hydrogen-bond acceptors (Lipinski definition) is 8. The van der Waals surface area contributed by atoms with Gasteiger partial charge in [-0.3, -0.25) is 14.7 Å². The second-order valence-electron chi connectivity index (χ2n) is 9.48. The van der Waals surface area contributed by atoms with E-state index in [1.807, 2.05) is 6.07 Å². The van der Waals surface area contributed by atoms with Gasteiger partial charge in [0.2, 0.25) is 0 Å². The number of nitroso groups, excluding NO2 is 1. The Hall–Kier alpha value is -3.37. The third-order valence-electron chi connectivity index (χ3n) is 7.24. The number of pyridine rings is 2. The van der Waals surface area contributed by atoms with E-state index in [-0.39, 0.29) is 29.3 Å². The smallest absolute Gasteiger partial charge is 0.251 e. The molecule has 10 heteroatoms. The fourth-order valence-corrected chi connectivity index (χ4v) is 5.62. The molecule has 0 amide bonds. The van der Waals surface area contributed by atoms with Crippen LogP contribution in [0.15, 0.2) is 46.5 Å². The average molecular weight is 480 g/mol. The van der Waals surface area contributed by atoms with E-state index in [1.54, 1.807) is 22.9 Å². The van der Waals surface area contributed by atoms with E-state index in [0.29, 0.717) is 75.1 Å². The van der Waals surface area contributed by atoms with Crippen molar-refractivity contribution in [1.82, 2.24) is 19.8 Å². The highest BCUT2D eigenvalue weighted by Gasteiger charge is 2.37. The van der Waals surface area contributed by atoms with Crippen LogP contribution in [0.3, 0.4) is 0 Å². The van der Waals surface area contributed by atoms with E-state index < -0.39 is 0 Å². The van der Waals surface area contributed by atoms with Crippen molar-refractivity contribution in [3.8, 4) is 11.5 Å². The van der Waals surface area contributed by atoms with Crippen molar-refractivity contribution >= 4 is 10.9 Å². The molecule has 5 heterocycles. The summed E-state index contributed by atoms with van der Waals surface area (Å²) in [6, 6.07) is 8.00. The van der Waals surface area contributed by atoms with Crippen molar-refractivity contribution in [1.29, 1.82) is 0 Å². The van der Waals surface area contributed by atoms with E-state index in [0.717, 1.165) is 11.1 Å². The van der Waals surface area contributed by atoms with Gasteiger partial charge in [0.1, 0.15) is 25.1 Å². The number of benzene rings is 1. The molecule has 0 radical (unpaired) electrons. The Labute approximate surface area is 200 Å². The van der Waals surface area contributed by atoms with Crippen LogP contribution in [-0.2, 0) is 13.1 Å². The topological polar surface area (TPSA) is 98.1 Å². The first-order valence-corrected chi connectivity index (χ1v) is 11.9. The standard InChI is InChI=1S/C25H26FN5O4/c26-19-3-1-15-2-4-23(32)31-13-17(24(19)25(15)31)12-30-11-16(20(14-30)29-33)8-27-9-18-7-21-22(10-28-18)35-6-5-34-21/h1-4,7,10,16-17,20,27H,5-6,8-9,11-14H2/t16-,17?,20+/m0/s1. The van der Waals surface area contributed by atoms with Gasteiger partial charge in [0.05, 0.1) is 17.4 Å². The highest BCUT2D eigenvalue weighted by molar-refractivity contribution is 5.84. The van der Waals surface area contributed by atoms with Crippen LogP contribution in [-0.4, -0.2) is 59.9 Å². The molecule has 0 aliphatic carbocycles. The molecule has 35 heavy (non-hydrogen) atoms. The van der Waals surface area contributed by atoms with Gasteiger partial charge < -0.3 is 19.4 Å². The summed E-state index contributed by atoms with van der Waals surface area (Å²) in [5, 5.41) is 7.63. The van der Waals surface area contributed by atoms with Gasteiger partial charge in [-0.15, -0.1) is 0 Å². The lowest BCUT2D eigenvalue weighted by Crippen LogP contribution is -2.30. The summed E-state index contributed by atoms with van der Waals surface area (Å²) in [7, 11) is 0. The van der Waals surface area contributed by atoms with E-state index in [4.69, 9.17) is 9.47 Å². The molecule has 0 spiro atoms. The van der Waals surface area contributed by atoms with Crippen LogP contribution in [0.4, 0.5) is 4.39 Å². The number of nitrogens with zero attached hydrogens (tertiary/aromatic N) is 4. The Bertz CT molecular complexity index is 1350. The molecular weight excluding hydrogens is 453 g/mol. The van der Waals surface area contributed by atoms with E-state index in [1.165, 1.54) is 12.1 Å². The van der Waals surface area contributed by atoms with Gasteiger partial charge in [-0.05, 0) is 23.6 Å². The molecule has 1 N–H and O–H groups in total. The number of ether oxygens (including phenoxy) is 2. The molecule has 3 atom stereocenters. The van der Waals surface area contributed by atoms with Crippen LogP contribution in [0.1, 0.15) is 17.2 Å². The van der Waals surface area contributed by atoms with Crippen molar-refractivity contribution in [3.05, 3.63) is 68.9 Å². The molecule has 1 aromatic carbocycles. The first-order valence-electron chi connectivity index (χ1n) is 11.9. The van der Waals surface area contributed by atoms with E-state index in [2.05, 4.69) is 20.4 Å². The number of fused-ring (bicyclic) bond motifs is 1. The highest BCUT2D eigenvalue weighted by Crippen LogP contribution is 2.36. The molecule has 3 aliphatic rings. The van der Waals surface area contributed by atoms with Crippen LogP contribution in [0.5, 0.6) is 11.5 Å². The zero-order valence-electron chi connectivity index (χ0n) is 19.2. The summed E-state index contributed by atoms with van der Waals surface area (Å²) in [5.41, 5.74) is 2.01. The molecule has 9 nitrogen and oxygen atoms in total. The molecule has 6 rings (SSSR count). The van der Waals surface area contributed by atoms with Gasteiger partial charge in [-0.2, -0.15) is 4.91 Å². The monoisotopic (exact) mass is 479 g/mol. The van der Waals surface area contributed by atoms with Gasteiger partial charge in [0.25, 0.3) is 5.56 Å². The normalized spacial score (nSPS) is 23.2. The molecule has 0 bridgehead atoms. The third kappa shape index (κ3) is 4.06. The summed E-state index contributed by atoms with van der Waals surface area (Å²) in [6.45, 7) is 4.41. The van der Waals surface area contributed by atoms with Gasteiger partial charge in [-0.25, -0.2) is 4.39 Å². The number of halogens is 1. The first-order chi connectivity index (χ1) is 17.1. The Balaban J connectivity index is 1.10. The fourth-order valence-electron chi connectivity index (χ4n) is 5.62. The minimum absolute atomic E-state index is 0.0388. The predicted octanol–water partition coefficient (Wildman–Crippen LogP) is 2.26. The molecule has 3 aliphatic heterocycles. The van der Waals surface area contributed by atoms with Gasteiger partial charge >= 0.3 is 0 Å². The molecule has 182 valence electrons. The lowest BCUT2D eigenvalue weighted by Gasteiger charge is -2.21. The summed E-state index contributed by atoms with van der Waals surface area (Å²) < 4.78 is 27.6. The van der Waals surface area contributed by atoms with E-state index >= 15 is 0 Å². The quantitative estimate of drug-likeness (QED) is 0.519. The van der Waals surface area contributed by atoms with E-state index in [9.17, 15) is 14.1 Å². The lowest BCUT2D eigenvalue weighted by atomic mass is 9.98. The maximum atomic E-state index is 14.8. The van der Waals surface area contributed by atoms with Crippen molar-refractivity contribution in [3.63, 3.8) is 0 Å². The minimum atomic E-state index is -0.345. The largest absolute Gasteiger partial charge is 0.486 e. The SMILES string of the molecule is O=N[C@@H]1CN(CC2Cn3c(=O)ccc4ccc(F)c2c43)C[C@@H]1CNCc1cc2c(cn1)OCCO2. The zero-order valence-corrected chi connectivity index (χ0v) is 19.2. The van der Waals surface area contributed by atoms with Crippen molar-refractivity contribution < 1.29 is 13.9 Å². The van der Waals surface area contributed by atoms with Crippen LogP contribution in [0, 0.1) is 16.6 Å². The Kier molecular flexibility index (Phi) is 5.69. The molecule has 1 unspecified atom stereocenters. The molecule has 1 saturated heterocycles. The molecule has 0 saturated carbocycles. The molecular formula is C25H26FN5O4. The lowest BCUT2D eigenvalue weighted by molar-refractivity contribution is 0.170. The Morgan fingerprint density at radius 3 is 2.80 bits per heavy atom. The number of likely N-dealkylation sites (tertiary alicyclic amines) is 1. The van der Waals surface area contributed by atoms with Crippen molar-refractivity contribution in [2.45, 2.75) is 25.0 Å². The second-order valence-corrected chi connectivity index (χ2v) is 9.48. The summed E-state index contributed by atoms with van der Waals surface area (Å²) >= 11 is 0.